The van der Waals surface area contributed by atoms with Gasteiger partial charge in [-0.15, -0.1) is 0 Å². The molecule has 9 nitrogen and oxygen atoms in total. The summed E-state index contributed by atoms with van der Waals surface area (Å²) in [5, 5.41) is 31.7. The number of anilines is 2. The van der Waals surface area contributed by atoms with Gasteiger partial charge in [0, 0.05) is 37.9 Å². The van der Waals surface area contributed by atoms with Crippen molar-refractivity contribution in [2.24, 2.45) is 0 Å². The summed E-state index contributed by atoms with van der Waals surface area (Å²) in [5.74, 6) is -1.89. The van der Waals surface area contributed by atoms with Crippen molar-refractivity contribution in [2.45, 2.75) is 32.9 Å². The SMILES string of the molecule is C=CC(=O)N1CCN(C2=C(C#N)C(O)N(c3c(C)ccnc3C(C)C)c3nc(-c4c(O)c(Cl)c(Cl)c(F)c4Cl)c(Cl)cc32)CC1. The number of aliphatic hydroxyl groups is 1. The molecule has 0 spiro atoms. The molecule has 4 heterocycles. The summed E-state index contributed by atoms with van der Waals surface area (Å²) in [7, 11) is 0. The fourth-order valence-corrected chi connectivity index (χ4v) is 6.56. The number of carbonyl (C=O) groups excluding carboxylic acids is 1. The molecular formula is C31H27Cl4FN6O3. The van der Waals surface area contributed by atoms with E-state index in [1.54, 1.807) is 17.2 Å². The minimum Gasteiger partial charge on any atom is -0.506 e. The van der Waals surface area contributed by atoms with Crippen molar-refractivity contribution in [2.75, 3.05) is 31.1 Å². The fourth-order valence-electron chi connectivity index (χ4n) is 5.63. The third kappa shape index (κ3) is 5.47. The van der Waals surface area contributed by atoms with Crippen LogP contribution >= 0.6 is 46.4 Å². The van der Waals surface area contributed by atoms with Crippen LogP contribution in [0.25, 0.3) is 17.0 Å². The number of hydrogen-bond donors (Lipinski definition) is 2. The average Bonchev–Trinajstić information content (AvgIpc) is 3.02. The molecule has 1 saturated heterocycles. The van der Waals surface area contributed by atoms with Gasteiger partial charge in [0.15, 0.2) is 12.0 Å². The zero-order valence-electron chi connectivity index (χ0n) is 24.4. The molecule has 1 unspecified atom stereocenters. The van der Waals surface area contributed by atoms with E-state index in [1.807, 2.05) is 25.7 Å². The van der Waals surface area contributed by atoms with Crippen LogP contribution in [0.4, 0.5) is 15.9 Å². The summed E-state index contributed by atoms with van der Waals surface area (Å²) >= 11 is 25.2. The Morgan fingerprint density at radius 1 is 1.18 bits per heavy atom. The molecule has 2 aliphatic heterocycles. The van der Waals surface area contributed by atoms with Crippen LogP contribution in [0.2, 0.25) is 20.1 Å². The summed E-state index contributed by atoms with van der Waals surface area (Å²) in [6, 6.07) is 5.46. The maximum atomic E-state index is 15.0. The Balaban J connectivity index is 1.82. The van der Waals surface area contributed by atoms with Crippen LogP contribution in [0.3, 0.4) is 0 Å². The second kappa shape index (κ2) is 12.7. The minimum atomic E-state index is -1.54. The molecule has 45 heavy (non-hydrogen) atoms. The van der Waals surface area contributed by atoms with Gasteiger partial charge in [-0.05, 0) is 36.6 Å². The lowest BCUT2D eigenvalue weighted by Gasteiger charge is -2.43. The topological polar surface area (TPSA) is 117 Å². The number of hydrogen-bond acceptors (Lipinski definition) is 8. The zero-order chi connectivity index (χ0) is 32.9. The van der Waals surface area contributed by atoms with E-state index in [9.17, 15) is 20.3 Å². The number of aromatic hydroxyl groups is 1. The lowest BCUT2D eigenvalue weighted by Crippen LogP contribution is -2.49. The van der Waals surface area contributed by atoms with Crippen molar-refractivity contribution in [1.29, 1.82) is 5.26 Å². The van der Waals surface area contributed by atoms with Gasteiger partial charge < -0.3 is 20.0 Å². The van der Waals surface area contributed by atoms with Gasteiger partial charge in [0.2, 0.25) is 5.91 Å². The highest BCUT2D eigenvalue weighted by molar-refractivity contribution is 6.45. The molecular weight excluding hydrogens is 665 g/mol. The largest absolute Gasteiger partial charge is 0.506 e. The highest BCUT2D eigenvalue weighted by atomic mass is 35.5. The molecule has 0 aliphatic carbocycles. The molecule has 2 aromatic heterocycles. The Bertz CT molecular complexity index is 1790. The summed E-state index contributed by atoms with van der Waals surface area (Å²) in [5.41, 5.74) is 2.19. The molecule has 1 atom stereocenters. The van der Waals surface area contributed by atoms with Gasteiger partial charge in [0.05, 0.1) is 38.4 Å². The molecule has 2 N–H and O–H groups in total. The maximum absolute atomic E-state index is 15.0. The lowest BCUT2D eigenvalue weighted by molar-refractivity contribution is -0.127. The molecule has 14 heteroatoms. The number of carbonyl (C=O) groups is 1. The van der Waals surface area contributed by atoms with Crippen molar-refractivity contribution in [1.82, 2.24) is 19.8 Å². The van der Waals surface area contributed by atoms with Crippen LogP contribution < -0.4 is 4.90 Å². The predicted molar refractivity (Wildman–Crippen MR) is 173 cm³/mol. The molecule has 234 valence electrons. The van der Waals surface area contributed by atoms with E-state index in [0.29, 0.717) is 48.8 Å². The first-order chi connectivity index (χ1) is 21.3. The first kappa shape index (κ1) is 32.8. The van der Waals surface area contributed by atoms with Crippen molar-refractivity contribution >= 4 is 69.5 Å². The van der Waals surface area contributed by atoms with E-state index in [0.717, 1.165) is 5.56 Å². The monoisotopic (exact) mass is 690 g/mol. The molecule has 1 amide bonds. The van der Waals surface area contributed by atoms with Crippen LogP contribution in [-0.4, -0.2) is 68.3 Å². The molecule has 2 aliphatic rings. The summed E-state index contributed by atoms with van der Waals surface area (Å²) < 4.78 is 15.0. The Morgan fingerprint density at radius 2 is 1.84 bits per heavy atom. The van der Waals surface area contributed by atoms with Crippen LogP contribution in [0.1, 0.15) is 36.6 Å². The first-order valence-corrected chi connectivity index (χ1v) is 15.3. The number of rotatable bonds is 5. The average molecular weight is 692 g/mol. The van der Waals surface area contributed by atoms with Crippen molar-refractivity contribution < 1.29 is 19.4 Å². The third-order valence-electron chi connectivity index (χ3n) is 7.82. The Morgan fingerprint density at radius 3 is 2.44 bits per heavy atom. The molecule has 0 radical (unpaired) electrons. The smallest absolute Gasteiger partial charge is 0.246 e. The van der Waals surface area contributed by atoms with E-state index in [2.05, 4.69) is 17.6 Å². The highest BCUT2D eigenvalue weighted by Crippen LogP contribution is 2.51. The summed E-state index contributed by atoms with van der Waals surface area (Å²) in [6.07, 6.45) is 1.36. The Labute approximate surface area is 279 Å². The van der Waals surface area contributed by atoms with Gasteiger partial charge in [-0.3, -0.25) is 14.7 Å². The summed E-state index contributed by atoms with van der Waals surface area (Å²) in [6.45, 7) is 10.6. The van der Waals surface area contributed by atoms with Gasteiger partial charge in [-0.1, -0.05) is 66.8 Å². The minimum absolute atomic E-state index is 0.0241. The number of benzene rings is 1. The quantitative estimate of drug-likeness (QED) is 0.166. The van der Waals surface area contributed by atoms with Crippen molar-refractivity contribution in [3.05, 3.63) is 79.3 Å². The van der Waals surface area contributed by atoms with Crippen LogP contribution in [-0.2, 0) is 4.79 Å². The van der Waals surface area contributed by atoms with Gasteiger partial charge in [-0.25, -0.2) is 9.37 Å². The van der Waals surface area contributed by atoms with Gasteiger partial charge in [-0.2, -0.15) is 5.26 Å². The molecule has 3 aromatic rings. The molecule has 1 fully saturated rings. The number of fused-ring (bicyclic) bond motifs is 1. The zero-order valence-corrected chi connectivity index (χ0v) is 27.4. The predicted octanol–water partition coefficient (Wildman–Crippen LogP) is 7.07. The number of aryl methyl sites for hydroxylation is 1. The third-order valence-corrected chi connectivity index (χ3v) is 9.28. The number of halogens is 5. The van der Waals surface area contributed by atoms with Gasteiger partial charge >= 0.3 is 0 Å². The van der Waals surface area contributed by atoms with Crippen molar-refractivity contribution in [3.63, 3.8) is 0 Å². The van der Waals surface area contributed by atoms with Gasteiger partial charge in [0.1, 0.15) is 33.3 Å². The van der Waals surface area contributed by atoms with E-state index < -0.39 is 32.9 Å². The first-order valence-electron chi connectivity index (χ1n) is 13.8. The maximum Gasteiger partial charge on any atom is 0.246 e. The standard InChI is InChI=1S/C31H27Cl4FN6O3/c1-5-19(43)40-8-10-41(11-9-40)28-16-12-18(32)26(20-21(33)24(36)22(34)23(35)29(20)44)39-30(16)42(31(45)17(28)13-37)27-15(4)6-7-38-25(27)14(2)3/h5-7,12,14,31,44-45H,1,8-11H2,2-4H3. The van der Waals surface area contributed by atoms with E-state index >= 15 is 4.39 Å². The molecule has 5 rings (SSSR count). The number of phenolic OH excluding ortho intramolecular Hbond substituents is 1. The number of nitriles is 1. The second-order valence-electron chi connectivity index (χ2n) is 10.8. The molecule has 1 aromatic carbocycles. The van der Waals surface area contributed by atoms with Crippen LogP contribution in [0, 0.1) is 24.1 Å². The van der Waals surface area contributed by atoms with E-state index in [1.165, 1.54) is 17.0 Å². The Kier molecular flexibility index (Phi) is 9.23. The number of aromatic nitrogens is 2. The lowest BCUT2D eigenvalue weighted by atomic mass is 9.95. The number of aliphatic hydroxyl groups excluding tert-OH is 1. The number of nitrogens with zero attached hydrogens (tertiary/aromatic N) is 6. The van der Waals surface area contributed by atoms with E-state index in [-0.39, 0.29) is 39.5 Å². The van der Waals surface area contributed by atoms with Gasteiger partial charge in [0.25, 0.3) is 0 Å². The van der Waals surface area contributed by atoms with Crippen LogP contribution in [0.15, 0.2) is 36.6 Å². The number of piperazine rings is 1. The number of pyridine rings is 2. The number of phenols is 1. The number of amides is 1. The normalized spacial score (nSPS) is 16.6. The molecule has 0 saturated carbocycles. The Hall–Kier alpha value is -3.59. The van der Waals surface area contributed by atoms with Crippen LogP contribution in [0.5, 0.6) is 5.75 Å². The molecule has 0 bridgehead atoms. The fraction of sp³-hybridized carbons (Fsp3) is 0.290. The summed E-state index contributed by atoms with van der Waals surface area (Å²) in [4.78, 5) is 26.6. The van der Waals surface area contributed by atoms with E-state index in [4.69, 9.17) is 51.4 Å². The second-order valence-corrected chi connectivity index (χ2v) is 12.4. The highest BCUT2D eigenvalue weighted by Gasteiger charge is 2.40. The van der Waals surface area contributed by atoms with Crippen molar-refractivity contribution in [3.8, 4) is 23.1 Å².